The van der Waals surface area contributed by atoms with E-state index in [1.165, 1.54) is 41.7 Å². The molecule has 4 aromatic rings. The van der Waals surface area contributed by atoms with Gasteiger partial charge in [-0.1, -0.05) is 24.3 Å². The summed E-state index contributed by atoms with van der Waals surface area (Å²) < 4.78 is 46.8. The Bertz CT molecular complexity index is 1810. The maximum atomic E-state index is 14.2. The number of halogens is 3. The monoisotopic (exact) mass is 623 g/mol. The largest absolute Gasteiger partial charge is 0.457 e. The van der Waals surface area contributed by atoms with Crippen molar-refractivity contribution in [2.24, 2.45) is 11.5 Å². The van der Waals surface area contributed by atoms with Gasteiger partial charge >= 0.3 is 6.18 Å². The molecule has 1 aliphatic heterocycles. The number of thiophene rings is 1. The van der Waals surface area contributed by atoms with Crippen LogP contribution in [0.5, 0.6) is 11.5 Å². The average Bonchev–Trinajstić information content (AvgIpc) is 3.37. The van der Waals surface area contributed by atoms with Gasteiger partial charge in [-0.2, -0.15) is 13.2 Å². The Hall–Kier alpha value is -3.97. The van der Waals surface area contributed by atoms with Gasteiger partial charge in [0.25, 0.3) is 5.91 Å². The van der Waals surface area contributed by atoms with E-state index in [-0.39, 0.29) is 23.4 Å². The molecule has 3 aromatic carbocycles. The van der Waals surface area contributed by atoms with E-state index >= 15 is 0 Å². The van der Waals surface area contributed by atoms with E-state index in [1.54, 1.807) is 25.1 Å². The number of hydrogen-bond donors (Lipinski definition) is 4. The molecule has 12 heteroatoms. The van der Waals surface area contributed by atoms with Crippen LogP contribution in [-0.2, 0) is 16.5 Å². The van der Waals surface area contributed by atoms with Gasteiger partial charge in [0.1, 0.15) is 17.0 Å². The van der Waals surface area contributed by atoms with Crippen molar-refractivity contribution >= 4 is 38.8 Å². The van der Waals surface area contributed by atoms with Gasteiger partial charge in [-0.15, -0.1) is 11.3 Å². The first kappa shape index (κ1) is 30.1. The summed E-state index contributed by atoms with van der Waals surface area (Å²) in [5.41, 5.74) is 19.6. The van der Waals surface area contributed by atoms with Crippen LogP contribution in [0.25, 0.3) is 10.1 Å². The molecule has 6 rings (SSSR count). The number of nitrogen functional groups attached to an aromatic ring is 1. The second-order valence-corrected chi connectivity index (χ2v) is 12.6. The van der Waals surface area contributed by atoms with Crippen molar-refractivity contribution in [1.29, 1.82) is 0 Å². The predicted octanol–water partition coefficient (Wildman–Crippen LogP) is 5.21. The number of aryl methyl sites for hydroxylation is 1. The maximum Gasteiger partial charge on any atom is 0.419 e. The summed E-state index contributed by atoms with van der Waals surface area (Å²) in [5.74, 6) is -1.03. The van der Waals surface area contributed by atoms with Gasteiger partial charge in [0.15, 0.2) is 5.78 Å². The highest BCUT2D eigenvalue weighted by atomic mass is 32.1. The number of ketones is 1. The molecule has 1 aromatic heterocycles. The zero-order chi connectivity index (χ0) is 31.6. The summed E-state index contributed by atoms with van der Waals surface area (Å²) in [6, 6.07) is 11.6. The molecular weight excluding hydrogens is 591 g/mol. The Kier molecular flexibility index (Phi) is 7.44. The van der Waals surface area contributed by atoms with Crippen LogP contribution in [0.1, 0.15) is 56.4 Å². The number of piperidine rings is 1. The number of carbonyl (C=O) groups excluding carboxylic acids is 2. The zero-order valence-electron chi connectivity index (χ0n) is 24.1. The molecule has 2 aliphatic rings. The first-order valence-corrected chi connectivity index (χ1v) is 15.0. The van der Waals surface area contributed by atoms with E-state index in [0.717, 1.165) is 32.0 Å². The quantitative estimate of drug-likeness (QED) is 0.224. The highest BCUT2D eigenvalue weighted by molar-refractivity contribution is 7.21. The number of likely N-dealkylation sites (tertiary alicyclic amines) is 1. The number of alkyl halides is 3. The van der Waals surface area contributed by atoms with Crippen molar-refractivity contribution < 1.29 is 27.5 Å². The molecule has 0 radical (unpaired) electrons. The van der Waals surface area contributed by atoms with Crippen LogP contribution < -0.4 is 27.3 Å². The van der Waals surface area contributed by atoms with E-state index < -0.39 is 29.1 Å². The molecule has 0 spiro atoms. The van der Waals surface area contributed by atoms with E-state index in [4.69, 9.17) is 21.9 Å². The van der Waals surface area contributed by atoms with Crippen molar-refractivity contribution in [3.05, 3.63) is 87.3 Å². The number of amides is 1. The predicted molar refractivity (Wildman–Crippen MR) is 164 cm³/mol. The lowest BCUT2D eigenvalue weighted by Crippen LogP contribution is -2.53. The van der Waals surface area contributed by atoms with Crippen molar-refractivity contribution in [2.45, 2.75) is 43.6 Å². The summed E-state index contributed by atoms with van der Waals surface area (Å²) in [4.78, 5) is 30.2. The zero-order valence-corrected chi connectivity index (χ0v) is 24.9. The fourth-order valence-electron chi connectivity index (χ4n) is 6.42. The molecule has 8 nitrogen and oxygen atoms in total. The Morgan fingerprint density at radius 3 is 2.57 bits per heavy atom. The molecule has 0 bridgehead atoms. The van der Waals surface area contributed by atoms with E-state index in [2.05, 4.69) is 10.2 Å². The number of para-hydroxylation sites is 1. The second-order valence-electron chi connectivity index (χ2n) is 11.5. The number of ether oxygens (including phenoxy) is 1. The minimum Gasteiger partial charge on any atom is -0.457 e. The van der Waals surface area contributed by atoms with Gasteiger partial charge in [0, 0.05) is 29.2 Å². The highest BCUT2D eigenvalue weighted by Crippen LogP contribution is 2.50. The smallest absolute Gasteiger partial charge is 0.419 e. The lowest BCUT2D eigenvalue weighted by molar-refractivity contribution is -0.138. The van der Waals surface area contributed by atoms with Gasteiger partial charge in [-0.3, -0.25) is 9.59 Å². The molecule has 1 aliphatic carbocycles. The third-order valence-electron chi connectivity index (χ3n) is 8.52. The molecule has 1 fully saturated rings. The maximum absolute atomic E-state index is 14.2. The summed E-state index contributed by atoms with van der Waals surface area (Å²) >= 11 is 1.19. The molecule has 1 saturated heterocycles. The van der Waals surface area contributed by atoms with E-state index in [0.29, 0.717) is 42.9 Å². The molecule has 1 amide bonds. The lowest BCUT2D eigenvalue weighted by atomic mass is 9.69. The number of hydrogen-bond acceptors (Lipinski definition) is 8. The summed E-state index contributed by atoms with van der Waals surface area (Å²) in [6.45, 7) is 3.38. The fraction of sp³-hybridized carbons (Fsp3) is 0.312. The molecule has 7 N–H and O–H groups in total. The first-order chi connectivity index (χ1) is 20.8. The molecule has 44 heavy (non-hydrogen) atoms. The number of Topliss-reactive ketones (excluding diaryl/α,β-unsaturated/α-hetero) is 1. The van der Waals surface area contributed by atoms with Gasteiger partial charge < -0.3 is 32.2 Å². The molecule has 3 unspecified atom stereocenters. The average molecular weight is 624 g/mol. The molecule has 3 atom stereocenters. The van der Waals surface area contributed by atoms with E-state index in [1.807, 2.05) is 7.05 Å². The van der Waals surface area contributed by atoms with E-state index in [9.17, 15) is 22.8 Å². The third kappa shape index (κ3) is 4.91. The summed E-state index contributed by atoms with van der Waals surface area (Å²) in [5, 5.41) is 3.69. The van der Waals surface area contributed by atoms with Gasteiger partial charge in [0.2, 0.25) is 0 Å². The number of carbonyl (C=O) groups is 2. The lowest BCUT2D eigenvalue weighted by Gasteiger charge is -2.37. The number of likely N-dealkylation sites (N-methyl/N-ethyl adjacent to an activating group) is 1. The van der Waals surface area contributed by atoms with Crippen LogP contribution in [0.2, 0.25) is 0 Å². The van der Waals surface area contributed by atoms with Crippen LogP contribution in [0.4, 0.5) is 18.9 Å². The Morgan fingerprint density at radius 2 is 1.86 bits per heavy atom. The molecule has 0 saturated carbocycles. The Morgan fingerprint density at radius 1 is 1.14 bits per heavy atom. The minimum atomic E-state index is -4.60. The third-order valence-corrected chi connectivity index (χ3v) is 9.78. The second kappa shape index (κ2) is 10.9. The summed E-state index contributed by atoms with van der Waals surface area (Å²) in [6.07, 6.45) is -2.79. The SMILES string of the molecule is Cc1cc(Oc2ccccc2C(F)(F)F)ccc1C1(N)C(=O)C(N)c2c(C(=O)NC3CCCN(C)C3)sc3c(N)ccc1c23. The van der Waals surface area contributed by atoms with Crippen molar-refractivity contribution in [2.75, 3.05) is 25.9 Å². The number of anilines is 1. The van der Waals surface area contributed by atoms with Crippen molar-refractivity contribution in [3.63, 3.8) is 0 Å². The van der Waals surface area contributed by atoms with Gasteiger partial charge in [-0.25, -0.2) is 0 Å². The van der Waals surface area contributed by atoms with Crippen LogP contribution in [0.3, 0.4) is 0 Å². The van der Waals surface area contributed by atoms with Gasteiger partial charge in [0.05, 0.1) is 21.2 Å². The molecule has 2 heterocycles. The fourth-order valence-corrected chi connectivity index (χ4v) is 7.62. The molecule has 230 valence electrons. The van der Waals surface area contributed by atoms with Crippen LogP contribution in [-0.4, -0.2) is 42.8 Å². The Balaban J connectivity index is 1.41. The summed E-state index contributed by atoms with van der Waals surface area (Å²) in [7, 11) is 2.01. The van der Waals surface area contributed by atoms with Crippen LogP contribution in [0, 0.1) is 6.92 Å². The minimum absolute atomic E-state index is 0.0360. The Labute approximate surface area is 255 Å². The van der Waals surface area contributed by atoms with Gasteiger partial charge in [-0.05, 0) is 80.4 Å². The number of nitrogens with two attached hydrogens (primary N) is 3. The number of benzene rings is 3. The standard InChI is InChI=1S/C32H32F3N5O3S/c1-16-14-18(43-23-8-4-3-7-20(23)32(33,34)35)9-10-19(16)31(38)21-11-12-22(36)27-24(21)25(26(37)29(31)41)28(44-27)30(42)39-17-6-5-13-40(2)15-17/h3-4,7-12,14,17,26H,5-6,13,15,36-38H2,1-2H3,(H,39,42). The highest BCUT2D eigenvalue weighted by Gasteiger charge is 2.49. The number of nitrogens with zero attached hydrogens (tertiary/aromatic N) is 1. The van der Waals surface area contributed by atoms with Crippen molar-refractivity contribution in [1.82, 2.24) is 10.2 Å². The van der Waals surface area contributed by atoms with Crippen LogP contribution >= 0.6 is 11.3 Å². The first-order valence-electron chi connectivity index (χ1n) is 14.2. The topological polar surface area (TPSA) is 137 Å². The number of rotatable bonds is 5. The molecular formula is C32H32F3N5O3S. The van der Waals surface area contributed by atoms with Crippen LogP contribution in [0.15, 0.2) is 54.6 Å². The normalized spacial score (nSPS) is 22.3. The number of nitrogens with one attached hydrogen (secondary N) is 1. The van der Waals surface area contributed by atoms with Crippen molar-refractivity contribution in [3.8, 4) is 11.5 Å².